The molecule has 0 aliphatic heterocycles. The molecule has 0 aromatic heterocycles. The molecular formula is C29H39FN2O5. The number of urea groups is 1. The van der Waals surface area contributed by atoms with Gasteiger partial charge in [0, 0.05) is 18.8 Å². The number of hydrogen-bond donors (Lipinski definition) is 2. The number of ether oxygens (including phenoxy) is 2. The average Bonchev–Trinajstić information content (AvgIpc) is 2.81. The third kappa shape index (κ3) is 9.13. The number of carbonyl (C=O) groups excluding carboxylic acids is 1. The van der Waals surface area contributed by atoms with Gasteiger partial charge in [0.15, 0.2) is 0 Å². The first-order valence-corrected chi connectivity index (χ1v) is 12.9. The summed E-state index contributed by atoms with van der Waals surface area (Å²) in [6, 6.07) is 11.0. The third-order valence-corrected chi connectivity index (χ3v) is 6.37. The van der Waals surface area contributed by atoms with Crippen LogP contribution in [0.4, 0.5) is 14.9 Å². The van der Waals surface area contributed by atoms with E-state index in [1.807, 2.05) is 6.07 Å². The van der Waals surface area contributed by atoms with Crippen LogP contribution in [0.1, 0.15) is 67.9 Å². The van der Waals surface area contributed by atoms with Gasteiger partial charge in [-0.25, -0.2) is 14.0 Å². The zero-order valence-corrected chi connectivity index (χ0v) is 22.3. The van der Waals surface area contributed by atoms with Gasteiger partial charge in [-0.3, -0.25) is 0 Å². The van der Waals surface area contributed by atoms with Gasteiger partial charge >= 0.3 is 12.0 Å². The number of benzene rings is 2. The number of rotatable bonds is 10. The van der Waals surface area contributed by atoms with Crippen LogP contribution in [0.2, 0.25) is 0 Å². The van der Waals surface area contributed by atoms with E-state index in [-0.39, 0.29) is 30.3 Å². The Balaban J connectivity index is 1.51. The highest BCUT2D eigenvalue weighted by Crippen LogP contribution is 2.26. The number of nitrogens with one attached hydrogen (secondary N) is 1. The Hall–Kier alpha value is -2.97. The maximum absolute atomic E-state index is 13.5. The molecule has 8 heteroatoms. The van der Waals surface area contributed by atoms with E-state index in [0.717, 1.165) is 31.2 Å². The van der Waals surface area contributed by atoms with E-state index >= 15 is 0 Å². The molecule has 0 bridgehead atoms. The zero-order chi connectivity index (χ0) is 27.0. The Morgan fingerprint density at radius 1 is 1.11 bits per heavy atom. The lowest BCUT2D eigenvalue weighted by Gasteiger charge is -2.32. The van der Waals surface area contributed by atoms with Gasteiger partial charge in [0.2, 0.25) is 0 Å². The van der Waals surface area contributed by atoms with Crippen molar-refractivity contribution in [3.8, 4) is 0 Å². The largest absolute Gasteiger partial charge is 0.478 e. The second kappa shape index (κ2) is 13.0. The van der Waals surface area contributed by atoms with Gasteiger partial charge in [0.25, 0.3) is 0 Å². The molecule has 0 saturated heterocycles. The van der Waals surface area contributed by atoms with Crippen molar-refractivity contribution in [2.75, 3.05) is 25.0 Å². The molecule has 2 aromatic rings. The molecule has 1 saturated carbocycles. The monoisotopic (exact) mass is 514 g/mol. The predicted molar refractivity (Wildman–Crippen MR) is 141 cm³/mol. The van der Waals surface area contributed by atoms with Gasteiger partial charge in [-0.15, -0.1) is 0 Å². The lowest BCUT2D eigenvalue weighted by atomic mass is 9.94. The van der Waals surface area contributed by atoms with Crippen LogP contribution in [0.3, 0.4) is 0 Å². The molecule has 1 aliphatic rings. The van der Waals surface area contributed by atoms with Crippen molar-refractivity contribution >= 4 is 17.7 Å². The van der Waals surface area contributed by atoms with Crippen molar-refractivity contribution in [1.82, 2.24) is 4.90 Å². The molecule has 2 amide bonds. The summed E-state index contributed by atoms with van der Waals surface area (Å²) >= 11 is 0. The lowest BCUT2D eigenvalue weighted by Crippen LogP contribution is -2.43. The van der Waals surface area contributed by atoms with Crippen molar-refractivity contribution in [3.63, 3.8) is 0 Å². The SMILES string of the molecule is Cc1cccc(COC2CCCC(OCCN(CC(C)(C)C)C(=O)Nc3cccc(F)c3)C2)c1C(=O)O. The average molecular weight is 515 g/mol. The van der Waals surface area contributed by atoms with Gasteiger partial charge in [0.1, 0.15) is 5.82 Å². The summed E-state index contributed by atoms with van der Waals surface area (Å²) in [4.78, 5) is 26.3. The van der Waals surface area contributed by atoms with Gasteiger partial charge in [-0.05, 0) is 67.3 Å². The summed E-state index contributed by atoms with van der Waals surface area (Å²) < 4.78 is 25.8. The molecule has 2 aromatic carbocycles. The Morgan fingerprint density at radius 2 is 1.81 bits per heavy atom. The number of amides is 2. The Kier molecular flexibility index (Phi) is 10.1. The Labute approximate surface area is 219 Å². The molecule has 1 fully saturated rings. The first kappa shape index (κ1) is 28.6. The highest BCUT2D eigenvalue weighted by Gasteiger charge is 2.26. The number of carboxylic acids is 1. The summed E-state index contributed by atoms with van der Waals surface area (Å²) in [7, 11) is 0. The minimum absolute atomic E-state index is 0.0112. The number of carboxylic acid groups (broad SMARTS) is 1. The molecule has 0 heterocycles. The van der Waals surface area contributed by atoms with Crippen LogP contribution < -0.4 is 5.32 Å². The molecule has 37 heavy (non-hydrogen) atoms. The molecule has 0 spiro atoms. The van der Waals surface area contributed by atoms with Crippen LogP contribution in [0.5, 0.6) is 0 Å². The molecule has 2 N–H and O–H groups in total. The number of aromatic carboxylic acids is 1. The molecule has 3 rings (SSSR count). The minimum atomic E-state index is -0.942. The van der Waals surface area contributed by atoms with Crippen LogP contribution in [0.15, 0.2) is 42.5 Å². The quantitative estimate of drug-likeness (QED) is 0.391. The number of halogens is 1. The smallest absolute Gasteiger partial charge is 0.336 e. The van der Waals surface area contributed by atoms with Crippen LogP contribution in [0, 0.1) is 18.2 Å². The first-order chi connectivity index (χ1) is 17.5. The Morgan fingerprint density at radius 3 is 2.49 bits per heavy atom. The van der Waals surface area contributed by atoms with E-state index in [9.17, 15) is 19.1 Å². The van der Waals surface area contributed by atoms with Crippen LogP contribution >= 0.6 is 0 Å². The molecule has 2 unspecified atom stereocenters. The molecule has 7 nitrogen and oxygen atoms in total. The molecule has 202 valence electrons. The van der Waals surface area contributed by atoms with E-state index in [0.29, 0.717) is 36.5 Å². The van der Waals surface area contributed by atoms with Crippen LogP contribution in [-0.2, 0) is 16.1 Å². The summed E-state index contributed by atoms with van der Waals surface area (Å²) in [6.45, 7) is 9.53. The number of anilines is 1. The van der Waals surface area contributed by atoms with E-state index in [1.165, 1.54) is 12.1 Å². The normalized spacial score (nSPS) is 17.9. The van der Waals surface area contributed by atoms with Crippen molar-refractivity contribution in [1.29, 1.82) is 0 Å². The predicted octanol–water partition coefficient (Wildman–Crippen LogP) is 6.26. The first-order valence-electron chi connectivity index (χ1n) is 12.9. The maximum Gasteiger partial charge on any atom is 0.336 e. The maximum atomic E-state index is 13.5. The van der Waals surface area contributed by atoms with Gasteiger partial charge in [-0.1, -0.05) is 45.0 Å². The number of hydrogen-bond acceptors (Lipinski definition) is 4. The number of nitrogens with zero attached hydrogens (tertiary/aromatic N) is 1. The van der Waals surface area contributed by atoms with Crippen LogP contribution in [-0.4, -0.2) is 53.9 Å². The highest BCUT2D eigenvalue weighted by atomic mass is 19.1. The third-order valence-electron chi connectivity index (χ3n) is 6.37. The molecular weight excluding hydrogens is 475 g/mol. The van der Waals surface area contributed by atoms with Crippen LogP contribution in [0.25, 0.3) is 0 Å². The number of aryl methyl sites for hydroxylation is 1. The van der Waals surface area contributed by atoms with Crippen molar-refractivity contribution in [2.24, 2.45) is 5.41 Å². The van der Waals surface area contributed by atoms with Crippen molar-refractivity contribution in [3.05, 3.63) is 65.0 Å². The molecule has 0 radical (unpaired) electrons. The van der Waals surface area contributed by atoms with Gasteiger partial charge in [0.05, 0.1) is 31.0 Å². The summed E-state index contributed by atoms with van der Waals surface area (Å²) in [6.07, 6.45) is 3.50. The van der Waals surface area contributed by atoms with E-state index < -0.39 is 11.8 Å². The van der Waals surface area contributed by atoms with Crippen molar-refractivity contribution in [2.45, 2.75) is 72.2 Å². The second-order valence-electron chi connectivity index (χ2n) is 10.9. The fraction of sp³-hybridized carbons (Fsp3) is 0.517. The lowest BCUT2D eigenvalue weighted by molar-refractivity contribution is -0.0528. The fourth-order valence-electron chi connectivity index (χ4n) is 4.69. The van der Waals surface area contributed by atoms with E-state index in [2.05, 4.69) is 26.1 Å². The topological polar surface area (TPSA) is 88.1 Å². The van der Waals surface area contributed by atoms with Gasteiger partial charge < -0.3 is 24.8 Å². The summed E-state index contributed by atoms with van der Waals surface area (Å²) in [5, 5.41) is 12.3. The molecule has 1 aliphatic carbocycles. The standard InChI is InChI=1S/C29H39FN2O5/c1-20-8-5-9-21(26(20)27(33)34)18-37-25-13-7-12-24(17-25)36-15-14-32(19-29(2,3)4)28(35)31-23-11-6-10-22(30)16-23/h5-6,8-11,16,24-25H,7,12-15,17-19H2,1-4H3,(H,31,35)(H,33,34). The summed E-state index contributed by atoms with van der Waals surface area (Å²) in [5.74, 6) is -1.35. The second-order valence-corrected chi connectivity index (χ2v) is 10.9. The summed E-state index contributed by atoms with van der Waals surface area (Å²) in [5.41, 5.74) is 2.00. The zero-order valence-electron chi connectivity index (χ0n) is 22.3. The van der Waals surface area contributed by atoms with Crippen molar-refractivity contribution < 1.29 is 28.6 Å². The highest BCUT2D eigenvalue weighted by molar-refractivity contribution is 5.91. The van der Waals surface area contributed by atoms with E-state index in [1.54, 1.807) is 36.1 Å². The number of carbonyl (C=O) groups is 2. The van der Waals surface area contributed by atoms with Gasteiger partial charge in [-0.2, -0.15) is 0 Å². The van der Waals surface area contributed by atoms with E-state index in [4.69, 9.17) is 9.47 Å². The minimum Gasteiger partial charge on any atom is -0.478 e. The molecule has 2 atom stereocenters. The fourth-order valence-corrected chi connectivity index (χ4v) is 4.69. The Bertz CT molecular complexity index is 1070.